The molecule has 130 valence electrons. The Bertz CT molecular complexity index is 974. The number of hydrogen-bond acceptors (Lipinski definition) is 2. The van der Waals surface area contributed by atoms with Crippen LogP contribution in [0.25, 0.3) is 16.8 Å². The molecule has 0 fully saturated rings. The lowest BCUT2D eigenvalue weighted by Crippen LogP contribution is -2.24. The lowest BCUT2D eigenvalue weighted by atomic mass is 10.0. The fourth-order valence-corrected chi connectivity index (χ4v) is 2.61. The topological polar surface area (TPSA) is 70.2 Å². The van der Waals surface area contributed by atoms with Gasteiger partial charge >= 0.3 is 6.03 Å². The molecule has 3 amide bonds. The standard InChI is InChI=1S/C21H19N3O2/c1-22-21(26)24-18-10-5-9-17(14-18)23-20(25)13-12-16-8-4-7-15-6-2-3-11-19(15)16/h2-14H,1H3,(H,23,25)(H2,22,24,26)/b13-12+. The Hall–Kier alpha value is -3.60. The number of carbonyl (C=O) groups is 2. The van der Waals surface area contributed by atoms with Gasteiger partial charge in [0.25, 0.3) is 0 Å². The summed E-state index contributed by atoms with van der Waals surface area (Å²) in [6.45, 7) is 0. The molecule has 0 atom stereocenters. The van der Waals surface area contributed by atoms with Crippen LogP contribution < -0.4 is 16.0 Å². The molecule has 3 aromatic carbocycles. The summed E-state index contributed by atoms with van der Waals surface area (Å²) in [5.41, 5.74) is 2.18. The van der Waals surface area contributed by atoms with Gasteiger partial charge in [-0.3, -0.25) is 4.79 Å². The number of amides is 3. The third-order valence-electron chi connectivity index (χ3n) is 3.85. The molecule has 0 radical (unpaired) electrons. The lowest BCUT2D eigenvalue weighted by Gasteiger charge is -2.07. The van der Waals surface area contributed by atoms with E-state index in [1.54, 1.807) is 37.4 Å². The Labute approximate surface area is 151 Å². The Morgan fingerprint density at radius 3 is 2.35 bits per heavy atom. The third-order valence-corrected chi connectivity index (χ3v) is 3.85. The lowest BCUT2D eigenvalue weighted by molar-refractivity contribution is -0.111. The van der Waals surface area contributed by atoms with Crippen molar-refractivity contribution < 1.29 is 9.59 Å². The van der Waals surface area contributed by atoms with E-state index in [2.05, 4.69) is 16.0 Å². The van der Waals surface area contributed by atoms with Gasteiger partial charge in [0, 0.05) is 24.5 Å². The summed E-state index contributed by atoms with van der Waals surface area (Å²) in [4.78, 5) is 23.6. The summed E-state index contributed by atoms with van der Waals surface area (Å²) in [7, 11) is 1.54. The van der Waals surface area contributed by atoms with Crippen LogP contribution in [0, 0.1) is 0 Å². The first-order chi connectivity index (χ1) is 12.7. The predicted molar refractivity (Wildman–Crippen MR) is 106 cm³/mol. The van der Waals surface area contributed by atoms with Gasteiger partial charge < -0.3 is 16.0 Å². The summed E-state index contributed by atoms with van der Waals surface area (Å²) in [6, 6.07) is 20.7. The number of hydrogen-bond donors (Lipinski definition) is 3. The summed E-state index contributed by atoms with van der Waals surface area (Å²) in [5, 5.41) is 10.2. The maximum Gasteiger partial charge on any atom is 0.318 e. The molecule has 0 spiro atoms. The highest BCUT2D eigenvalue weighted by Gasteiger charge is 2.03. The summed E-state index contributed by atoms with van der Waals surface area (Å²) in [5.74, 6) is -0.241. The van der Waals surface area contributed by atoms with Crippen molar-refractivity contribution in [2.24, 2.45) is 0 Å². The highest BCUT2D eigenvalue weighted by molar-refractivity contribution is 6.04. The van der Waals surface area contributed by atoms with Crippen molar-refractivity contribution in [2.75, 3.05) is 17.7 Å². The first-order valence-electron chi connectivity index (χ1n) is 8.21. The van der Waals surface area contributed by atoms with Crippen molar-refractivity contribution in [3.63, 3.8) is 0 Å². The molecule has 26 heavy (non-hydrogen) atoms. The SMILES string of the molecule is CNC(=O)Nc1cccc(NC(=O)/C=C/c2cccc3ccccc23)c1. The highest BCUT2D eigenvalue weighted by atomic mass is 16.2. The second-order valence-electron chi connectivity index (χ2n) is 5.68. The van der Waals surface area contributed by atoms with Crippen LogP contribution in [0.4, 0.5) is 16.2 Å². The Balaban J connectivity index is 1.71. The van der Waals surface area contributed by atoms with Crippen LogP contribution in [0.2, 0.25) is 0 Å². The van der Waals surface area contributed by atoms with E-state index in [9.17, 15) is 9.59 Å². The van der Waals surface area contributed by atoms with E-state index in [-0.39, 0.29) is 11.9 Å². The van der Waals surface area contributed by atoms with E-state index >= 15 is 0 Å². The molecule has 3 N–H and O–H groups in total. The Morgan fingerprint density at radius 2 is 1.54 bits per heavy atom. The van der Waals surface area contributed by atoms with Crippen molar-refractivity contribution in [3.05, 3.63) is 78.4 Å². The van der Waals surface area contributed by atoms with Gasteiger partial charge in [0.15, 0.2) is 0 Å². The van der Waals surface area contributed by atoms with Gasteiger partial charge in [-0.05, 0) is 40.6 Å². The van der Waals surface area contributed by atoms with Crippen LogP contribution in [0.1, 0.15) is 5.56 Å². The van der Waals surface area contributed by atoms with Crippen molar-refractivity contribution in [3.8, 4) is 0 Å². The van der Waals surface area contributed by atoms with Crippen LogP contribution >= 0.6 is 0 Å². The fraction of sp³-hybridized carbons (Fsp3) is 0.0476. The normalized spacial score (nSPS) is 10.7. The second kappa shape index (κ2) is 7.98. The molecule has 0 aliphatic carbocycles. The molecule has 0 saturated heterocycles. The van der Waals surface area contributed by atoms with Gasteiger partial charge in [-0.25, -0.2) is 4.79 Å². The van der Waals surface area contributed by atoms with E-state index in [0.717, 1.165) is 16.3 Å². The first kappa shape index (κ1) is 17.2. The van der Waals surface area contributed by atoms with Crippen molar-refractivity contribution in [1.82, 2.24) is 5.32 Å². The first-order valence-corrected chi connectivity index (χ1v) is 8.21. The highest BCUT2D eigenvalue weighted by Crippen LogP contribution is 2.20. The number of anilines is 2. The zero-order valence-corrected chi connectivity index (χ0v) is 14.3. The van der Waals surface area contributed by atoms with E-state index in [1.807, 2.05) is 42.5 Å². The molecule has 5 heteroatoms. The van der Waals surface area contributed by atoms with Gasteiger partial charge in [-0.2, -0.15) is 0 Å². The quantitative estimate of drug-likeness (QED) is 0.619. The molecule has 0 aromatic heterocycles. The Morgan fingerprint density at radius 1 is 0.846 bits per heavy atom. The number of benzene rings is 3. The second-order valence-corrected chi connectivity index (χ2v) is 5.68. The molecule has 0 bridgehead atoms. The van der Waals surface area contributed by atoms with Crippen LogP contribution in [-0.2, 0) is 4.79 Å². The summed E-state index contributed by atoms with van der Waals surface area (Å²) < 4.78 is 0. The van der Waals surface area contributed by atoms with E-state index in [0.29, 0.717) is 11.4 Å². The van der Waals surface area contributed by atoms with Crippen LogP contribution in [0.15, 0.2) is 72.8 Å². The molecule has 0 heterocycles. The van der Waals surface area contributed by atoms with Crippen LogP contribution in [0.5, 0.6) is 0 Å². The molecular formula is C21H19N3O2. The number of urea groups is 1. The number of fused-ring (bicyclic) bond motifs is 1. The molecular weight excluding hydrogens is 326 g/mol. The molecule has 0 aliphatic rings. The van der Waals surface area contributed by atoms with E-state index in [1.165, 1.54) is 6.08 Å². The maximum atomic E-state index is 12.2. The van der Waals surface area contributed by atoms with Gasteiger partial charge in [0.1, 0.15) is 0 Å². The van der Waals surface area contributed by atoms with E-state index < -0.39 is 0 Å². The molecule has 5 nitrogen and oxygen atoms in total. The largest absolute Gasteiger partial charge is 0.341 e. The molecule has 3 rings (SSSR count). The van der Waals surface area contributed by atoms with Crippen molar-refractivity contribution in [2.45, 2.75) is 0 Å². The minimum Gasteiger partial charge on any atom is -0.341 e. The van der Waals surface area contributed by atoms with Crippen LogP contribution in [0.3, 0.4) is 0 Å². The zero-order valence-electron chi connectivity index (χ0n) is 14.3. The average Bonchev–Trinajstić information content (AvgIpc) is 2.66. The maximum absolute atomic E-state index is 12.2. The minimum absolute atomic E-state index is 0.241. The molecule has 0 unspecified atom stereocenters. The van der Waals surface area contributed by atoms with Gasteiger partial charge in [-0.1, -0.05) is 48.5 Å². The molecule has 0 saturated carbocycles. The summed E-state index contributed by atoms with van der Waals surface area (Å²) in [6.07, 6.45) is 3.30. The fourth-order valence-electron chi connectivity index (χ4n) is 2.61. The smallest absolute Gasteiger partial charge is 0.318 e. The third kappa shape index (κ3) is 4.27. The van der Waals surface area contributed by atoms with Crippen molar-refractivity contribution >= 4 is 40.2 Å². The Kier molecular flexibility index (Phi) is 5.29. The van der Waals surface area contributed by atoms with E-state index in [4.69, 9.17) is 0 Å². The zero-order chi connectivity index (χ0) is 18.4. The number of rotatable bonds is 4. The molecule has 3 aromatic rings. The molecule has 0 aliphatic heterocycles. The monoisotopic (exact) mass is 345 g/mol. The number of carbonyl (C=O) groups excluding carboxylic acids is 2. The van der Waals surface area contributed by atoms with Gasteiger partial charge in [0.05, 0.1) is 0 Å². The summed E-state index contributed by atoms with van der Waals surface area (Å²) >= 11 is 0. The average molecular weight is 345 g/mol. The van der Waals surface area contributed by atoms with Crippen molar-refractivity contribution in [1.29, 1.82) is 0 Å². The van der Waals surface area contributed by atoms with Gasteiger partial charge in [0.2, 0.25) is 5.91 Å². The minimum atomic E-state index is -0.315. The van der Waals surface area contributed by atoms with Gasteiger partial charge in [-0.15, -0.1) is 0 Å². The number of nitrogens with one attached hydrogen (secondary N) is 3. The predicted octanol–water partition coefficient (Wildman–Crippen LogP) is 4.24. The van der Waals surface area contributed by atoms with Crippen LogP contribution in [-0.4, -0.2) is 19.0 Å².